The molecular weight excluding hydrogens is 388 g/mol. The Balaban J connectivity index is 1.87. The molecule has 0 aliphatic heterocycles. The van der Waals surface area contributed by atoms with Crippen LogP contribution in [0.3, 0.4) is 0 Å². The minimum absolute atomic E-state index is 0.0642. The van der Waals surface area contributed by atoms with Crippen LogP contribution in [0.1, 0.15) is 39.1 Å². The van der Waals surface area contributed by atoms with E-state index in [4.69, 9.17) is 4.74 Å². The highest BCUT2D eigenvalue weighted by molar-refractivity contribution is 7.14. The van der Waals surface area contributed by atoms with E-state index >= 15 is 0 Å². The molecule has 0 aromatic carbocycles. The number of nitrogens with one attached hydrogen (secondary N) is 2. The normalized spacial score (nSPS) is 11.1. The highest BCUT2D eigenvalue weighted by Gasteiger charge is 2.22. The fourth-order valence-corrected chi connectivity index (χ4v) is 3.30. The predicted octanol–water partition coefficient (Wildman–Crippen LogP) is 2.87. The molecule has 0 aliphatic rings. The average Bonchev–Trinajstić information content (AvgIpc) is 3.16. The molecule has 0 aliphatic carbocycles. The van der Waals surface area contributed by atoms with Gasteiger partial charge in [-0.15, -0.1) is 22.7 Å². The van der Waals surface area contributed by atoms with Crippen LogP contribution < -0.4 is 10.6 Å². The van der Waals surface area contributed by atoms with E-state index in [-0.39, 0.29) is 30.6 Å². The molecule has 0 saturated heterocycles. The third-order valence-corrected chi connectivity index (χ3v) is 4.84. The maximum absolute atomic E-state index is 12.1. The van der Waals surface area contributed by atoms with Crippen LogP contribution in [0.4, 0.5) is 10.3 Å². The first kappa shape index (κ1) is 21.0. The van der Waals surface area contributed by atoms with E-state index in [9.17, 15) is 14.4 Å². The van der Waals surface area contributed by atoms with Gasteiger partial charge in [0.1, 0.15) is 0 Å². The van der Waals surface area contributed by atoms with Gasteiger partial charge in [0.25, 0.3) is 0 Å². The minimum atomic E-state index is -0.519. The van der Waals surface area contributed by atoms with Gasteiger partial charge in [0.15, 0.2) is 10.3 Å². The average molecular weight is 411 g/mol. The van der Waals surface area contributed by atoms with Gasteiger partial charge in [-0.05, 0) is 6.92 Å². The molecule has 2 aromatic rings. The number of anilines is 2. The van der Waals surface area contributed by atoms with Crippen LogP contribution in [-0.4, -0.2) is 34.4 Å². The van der Waals surface area contributed by atoms with Gasteiger partial charge in [0.2, 0.25) is 11.8 Å². The molecule has 10 heteroatoms. The first-order chi connectivity index (χ1) is 12.7. The van der Waals surface area contributed by atoms with Crippen molar-refractivity contribution < 1.29 is 19.1 Å². The Hall–Kier alpha value is -2.33. The van der Waals surface area contributed by atoms with E-state index in [1.807, 2.05) is 20.8 Å². The molecule has 0 radical (unpaired) electrons. The fourth-order valence-electron chi connectivity index (χ4n) is 1.86. The summed E-state index contributed by atoms with van der Waals surface area (Å²) in [5, 5.41) is 9.73. The van der Waals surface area contributed by atoms with Crippen molar-refractivity contribution in [3.8, 4) is 0 Å². The van der Waals surface area contributed by atoms with Crippen LogP contribution in [0.15, 0.2) is 10.8 Å². The summed E-state index contributed by atoms with van der Waals surface area (Å²) < 4.78 is 4.87. The maximum atomic E-state index is 12.1. The van der Waals surface area contributed by atoms with Crippen molar-refractivity contribution in [2.45, 2.75) is 40.5 Å². The summed E-state index contributed by atoms with van der Waals surface area (Å²) in [7, 11) is 0. The Kier molecular flexibility index (Phi) is 7.03. The zero-order chi connectivity index (χ0) is 20.0. The zero-order valence-electron chi connectivity index (χ0n) is 15.6. The summed E-state index contributed by atoms with van der Waals surface area (Å²) in [5.74, 6) is -0.760. The number of nitrogens with zero attached hydrogens (tertiary/aromatic N) is 2. The number of ether oxygens (including phenoxy) is 1. The topological polar surface area (TPSA) is 110 Å². The Morgan fingerprint density at radius 1 is 1.00 bits per heavy atom. The lowest BCUT2D eigenvalue weighted by molar-refractivity contribution is -0.142. The zero-order valence-corrected chi connectivity index (χ0v) is 17.3. The smallest absolute Gasteiger partial charge is 0.311 e. The van der Waals surface area contributed by atoms with Crippen LogP contribution in [0.25, 0.3) is 0 Å². The number of aromatic nitrogens is 2. The maximum Gasteiger partial charge on any atom is 0.311 e. The Morgan fingerprint density at radius 3 is 2.11 bits per heavy atom. The molecule has 2 amide bonds. The number of hydrogen-bond donors (Lipinski definition) is 2. The van der Waals surface area contributed by atoms with Crippen molar-refractivity contribution in [2.75, 3.05) is 17.2 Å². The summed E-state index contributed by atoms with van der Waals surface area (Å²) >= 11 is 2.51. The molecule has 2 rings (SSSR count). The third kappa shape index (κ3) is 6.72. The van der Waals surface area contributed by atoms with E-state index in [2.05, 4.69) is 20.6 Å². The van der Waals surface area contributed by atoms with Gasteiger partial charge >= 0.3 is 5.97 Å². The molecule has 0 saturated carbocycles. The van der Waals surface area contributed by atoms with Gasteiger partial charge < -0.3 is 15.4 Å². The van der Waals surface area contributed by atoms with Crippen molar-refractivity contribution in [3.05, 3.63) is 22.1 Å². The Labute approximate surface area is 165 Å². The largest absolute Gasteiger partial charge is 0.466 e. The lowest BCUT2D eigenvalue weighted by atomic mass is 9.96. The monoisotopic (exact) mass is 410 g/mol. The molecule has 0 atom stereocenters. The minimum Gasteiger partial charge on any atom is -0.466 e. The number of rotatable bonds is 7. The molecule has 2 N–H and O–H groups in total. The SMILES string of the molecule is CCOC(=O)Cc1csc(NC(=O)Cc2csc(NC(=O)C(C)(C)C)n2)n1. The lowest BCUT2D eigenvalue weighted by Gasteiger charge is -2.15. The predicted molar refractivity (Wildman–Crippen MR) is 105 cm³/mol. The number of thiazole rings is 2. The van der Waals surface area contributed by atoms with Crippen LogP contribution in [-0.2, 0) is 32.0 Å². The lowest BCUT2D eigenvalue weighted by Crippen LogP contribution is -2.27. The van der Waals surface area contributed by atoms with E-state index in [1.165, 1.54) is 22.7 Å². The Morgan fingerprint density at radius 2 is 1.56 bits per heavy atom. The standard InChI is InChI=1S/C17H22N4O4S2/c1-5-25-13(23)7-11-9-26-15(19-11)20-12(22)6-10-8-27-16(18-10)21-14(24)17(2,3)4/h8-9H,5-7H2,1-4H3,(H,18,21,24)(H,19,20,22). The number of carbonyl (C=O) groups is 3. The molecule has 0 unspecified atom stereocenters. The van der Waals surface area contributed by atoms with Crippen molar-refractivity contribution in [1.29, 1.82) is 0 Å². The van der Waals surface area contributed by atoms with Crippen molar-refractivity contribution in [3.63, 3.8) is 0 Å². The van der Waals surface area contributed by atoms with Gasteiger partial charge in [-0.3, -0.25) is 14.4 Å². The number of amides is 2. The number of esters is 1. The second kappa shape index (κ2) is 9.05. The molecule has 0 spiro atoms. The number of carbonyl (C=O) groups excluding carboxylic acids is 3. The molecule has 0 fully saturated rings. The molecule has 27 heavy (non-hydrogen) atoms. The van der Waals surface area contributed by atoms with E-state index < -0.39 is 5.41 Å². The number of hydrogen-bond acceptors (Lipinski definition) is 8. The highest BCUT2D eigenvalue weighted by Crippen LogP contribution is 2.21. The fraction of sp³-hybridized carbons (Fsp3) is 0.471. The summed E-state index contributed by atoms with van der Waals surface area (Å²) in [5.41, 5.74) is 0.592. The van der Waals surface area contributed by atoms with Crippen molar-refractivity contribution in [1.82, 2.24) is 9.97 Å². The molecular formula is C17H22N4O4S2. The van der Waals surface area contributed by atoms with Crippen LogP contribution in [0.5, 0.6) is 0 Å². The Bertz CT molecular complexity index is 823. The summed E-state index contributed by atoms with van der Waals surface area (Å²) in [6, 6.07) is 0. The quantitative estimate of drug-likeness (QED) is 0.679. The van der Waals surface area contributed by atoms with E-state index in [0.717, 1.165) is 0 Å². The highest BCUT2D eigenvalue weighted by atomic mass is 32.1. The molecule has 146 valence electrons. The van der Waals surface area contributed by atoms with Crippen LogP contribution in [0.2, 0.25) is 0 Å². The molecule has 0 bridgehead atoms. The van der Waals surface area contributed by atoms with Crippen molar-refractivity contribution >= 4 is 50.7 Å². The van der Waals surface area contributed by atoms with Gasteiger partial charge in [-0.1, -0.05) is 20.8 Å². The van der Waals surface area contributed by atoms with Crippen molar-refractivity contribution in [2.24, 2.45) is 5.41 Å². The summed E-state index contributed by atoms with van der Waals surface area (Å²) in [4.78, 5) is 44.0. The second-order valence-corrected chi connectivity index (χ2v) is 8.42. The first-order valence-corrected chi connectivity index (χ1v) is 10.1. The van der Waals surface area contributed by atoms with E-state index in [1.54, 1.807) is 17.7 Å². The molecule has 2 heterocycles. The van der Waals surface area contributed by atoms with E-state index in [0.29, 0.717) is 28.3 Å². The molecule has 2 aromatic heterocycles. The second-order valence-electron chi connectivity index (χ2n) is 6.70. The molecule has 8 nitrogen and oxygen atoms in total. The first-order valence-electron chi connectivity index (χ1n) is 8.33. The summed E-state index contributed by atoms with van der Waals surface area (Å²) in [6.07, 6.45) is 0.137. The van der Waals surface area contributed by atoms with Gasteiger partial charge in [0.05, 0.1) is 30.8 Å². The van der Waals surface area contributed by atoms with Gasteiger partial charge in [0, 0.05) is 16.2 Å². The van der Waals surface area contributed by atoms with Crippen LogP contribution >= 0.6 is 22.7 Å². The van der Waals surface area contributed by atoms with Crippen LogP contribution in [0, 0.1) is 5.41 Å². The third-order valence-electron chi connectivity index (χ3n) is 3.22. The van der Waals surface area contributed by atoms with Gasteiger partial charge in [-0.2, -0.15) is 0 Å². The van der Waals surface area contributed by atoms with Gasteiger partial charge in [-0.25, -0.2) is 9.97 Å². The summed E-state index contributed by atoms with van der Waals surface area (Å²) in [6.45, 7) is 7.50.